The summed E-state index contributed by atoms with van der Waals surface area (Å²) in [6.07, 6.45) is 0.904. The number of benzene rings is 2. The van der Waals surface area contributed by atoms with Crippen LogP contribution >= 0.6 is 0 Å². The van der Waals surface area contributed by atoms with Gasteiger partial charge in [-0.2, -0.15) is 0 Å². The first kappa shape index (κ1) is 17.1. The highest BCUT2D eigenvalue weighted by atomic mass is 19.1. The summed E-state index contributed by atoms with van der Waals surface area (Å²) in [6.45, 7) is 6.09. The van der Waals surface area contributed by atoms with E-state index in [0.717, 1.165) is 51.3 Å². The lowest BCUT2D eigenvalue weighted by atomic mass is 10.1. The van der Waals surface area contributed by atoms with Gasteiger partial charge in [0, 0.05) is 45.3 Å². The van der Waals surface area contributed by atoms with Crippen molar-refractivity contribution < 1.29 is 4.39 Å². The monoisotopic (exact) mass is 327 g/mol. The molecule has 1 saturated heterocycles. The predicted molar refractivity (Wildman–Crippen MR) is 96.4 cm³/mol. The lowest BCUT2D eigenvalue weighted by Crippen LogP contribution is -2.48. The maximum atomic E-state index is 13.2. The van der Waals surface area contributed by atoms with Gasteiger partial charge in [0.05, 0.1) is 0 Å². The zero-order valence-electron chi connectivity index (χ0n) is 14.1. The van der Waals surface area contributed by atoms with Crippen LogP contribution in [0.2, 0.25) is 0 Å². The molecule has 0 bridgehead atoms. The molecule has 2 aromatic carbocycles. The van der Waals surface area contributed by atoms with Gasteiger partial charge in [0.1, 0.15) is 5.82 Å². The van der Waals surface area contributed by atoms with Crippen LogP contribution in [0.3, 0.4) is 0 Å². The second kappa shape index (κ2) is 8.38. The molecule has 3 rings (SSSR count). The zero-order chi connectivity index (χ0) is 16.8. The van der Waals surface area contributed by atoms with E-state index in [2.05, 4.69) is 21.9 Å². The first-order valence-corrected chi connectivity index (χ1v) is 8.70. The van der Waals surface area contributed by atoms with Crippen molar-refractivity contribution in [3.8, 4) is 0 Å². The third-order valence-corrected chi connectivity index (χ3v) is 4.75. The molecule has 1 fully saturated rings. The Hall–Kier alpha value is -1.75. The van der Waals surface area contributed by atoms with E-state index in [-0.39, 0.29) is 11.9 Å². The van der Waals surface area contributed by atoms with Gasteiger partial charge >= 0.3 is 0 Å². The molecule has 24 heavy (non-hydrogen) atoms. The van der Waals surface area contributed by atoms with Crippen molar-refractivity contribution in [3.63, 3.8) is 0 Å². The van der Waals surface area contributed by atoms with Crippen molar-refractivity contribution in [1.29, 1.82) is 0 Å². The Morgan fingerprint density at radius 3 is 2.33 bits per heavy atom. The third-order valence-electron chi connectivity index (χ3n) is 4.75. The Bertz CT molecular complexity index is 624. The summed E-state index contributed by atoms with van der Waals surface area (Å²) in [5, 5.41) is 0. The van der Waals surface area contributed by atoms with Crippen molar-refractivity contribution in [2.24, 2.45) is 5.73 Å². The molecule has 128 valence electrons. The summed E-state index contributed by atoms with van der Waals surface area (Å²) >= 11 is 0. The smallest absolute Gasteiger partial charge is 0.123 e. The van der Waals surface area contributed by atoms with E-state index in [4.69, 9.17) is 5.73 Å². The molecule has 0 amide bonds. The fourth-order valence-corrected chi connectivity index (χ4v) is 3.26. The molecule has 2 aromatic rings. The molecule has 0 aliphatic carbocycles. The summed E-state index contributed by atoms with van der Waals surface area (Å²) in [5.41, 5.74) is 8.59. The molecule has 1 heterocycles. The van der Waals surface area contributed by atoms with Crippen molar-refractivity contribution in [2.75, 3.05) is 39.3 Å². The molecular formula is C20H26FN3. The molecule has 0 radical (unpaired) electrons. The number of piperazine rings is 1. The van der Waals surface area contributed by atoms with Crippen LogP contribution in [0.5, 0.6) is 0 Å². The number of halogens is 1. The number of hydrogen-bond acceptors (Lipinski definition) is 3. The van der Waals surface area contributed by atoms with Crippen molar-refractivity contribution in [3.05, 3.63) is 71.5 Å². The number of rotatable bonds is 6. The molecule has 0 saturated carbocycles. The average Bonchev–Trinajstić information content (AvgIpc) is 2.62. The lowest BCUT2D eigenvalue weighted by Gasteiger charge is -2.36. The summed E-state index contributed by atoms with van der Waals surface area (Å²) in [5.74, 6) is -0.146. The fourth-order valence-electron chi connectivity index (χ4n) is 3.26. The minimum atomic E-state index is -0.146. The molecule has 3 nitrogen and oxygen atoms in total. The number of hydrogen-bond donors (Lipinski definition) is 1. The minimum Gasteiger partial charge on any atom is -0.323 e. The summed E-state index contributed by atoms with van der Waals surface area (Å²) in [7, 11) is 0. The van der Waals surface area contributed by atoms with Gasteiger partial charge in [0.25, 0.3) is 0 Å². The maximum absolute atomic E-state index is 13.2. The van der Waals surface area contributed by atoms with Crippen LogP contribution < -0.4 is 5.73 Å². The zero-order valence-corrected chi connectivity index (χ0v) is 14.1. The molecule has 2 N–H and O–H groups in total. The molecule has 1 aliphatic heterocycles. The molecule has 1 unspecified atom stereocenters. The van der Waals surface area contributed by atoms with E-state index in [1.165, 1.54) is 11.6 Å². The molecule has 1 atom stereocenters. The Morgan fingerprint density at radius 1 is 0.917 bits per heavy atom. The SMILES string of the molecule is NC(CN1CCN(CCc2cccc(F)c2)CC1)c1ccccc1. The van der Waals surface area contributed by atoms with Crippen LogP contribution in [0.15, 0.2) is 54.6 Å². The van der Waals surface area contributed by atoms with Crippen LogP contribution in [0, 0.1) is 5.82 Å². The van der Waals surface area contributed by atoms with Gasteiger partial charge in [-0.05, 0) is 29.7 Å². The predicted octanol–water partition coefficient (Wildman–Crippen LogP) is 2.69. The lowest BCUT2D eigenvalue weighted by molar-refractivity contribution is 0.128. The van der Waals surface area contributed by atoms with Gasteiger partial charge in [-0.25, -0.2) is 4.39 Å². The van der Waals surface area contributed by atoms with Crippen LogP contribution in [0.1, 0.15) is 17.2 Å². The van der Waals surface area contributed by atoms with E-state index in [0.29, 0.717) is 0 Å². The first-order chi connectivity index (χ1) is 11.7. The second-order valence-electron chi connectivity index (χ2n) is 6.54. The van der Waals surface area contributed by atoms with Crippen LogP contribution in [-0.4, -0.2) is 49.1 Å². The van der Waals surface area contributed by atoms with Gasteiger partial charge in [-0.15, -0.1) is 0 Å². The molecule has 0 aromatic heterocycles. The maximum Gasteiger partial charge on any atom is 0.123 e. The highest BCUT2D eigenvalue weighted by Crippen LogP contribution is 2.13. The fraction of sp³-hybridized carbons (Fsp3) is 0.400. The van der Waals surface area contributed by atoms with Gasteiger partial charge in [-0.3, -0.25) is 4.90 Å². The third kappa shape index (κ3) is 4.87. The van der Waals surface area contributed by atoms with Crippen molar-refractivity contribution in [2.45, 2.75) is 12.5 Å². The standard InChI is InChI=1S/C20H26FN3/c21-19-8-4-5-17(15-19)9-10-23-11-13-24(14-12-23)16-20(22)18-6-2-1-3-7-18/h1-8,15,20H,9-14,16,22H2. The Labute approximate surface area is 143 Å². The summed E-state index contributed by atoms with van der Waals surface area (Å²) < 4.78 is 13.2. The largest absolute Gasteiger partial charge is 0.323 e. The average molecular weight is 327 g/mol. The normalized spacial score (nSPS) is 17.8. The van der Waals surface area contributed by atoms with Crippen LogP contribution in [0.25, 0.3) is 0 Å². The quantitative estimate of drug-likeness (QED) is 0.885. The highest BCUT2D eigenvalue weighted by Gasteiger charge is 2.19. The molecular weight excluding hydrogens is 301 g/mol. The van der Waals surface area contributed by atoms with E-state index in [1.54, 1.807) is 12.1 Å². The number of nitrogens with two attached hydrogens (primary N) is 1. The van der Waals surface area contributed by atoms with Crippen molar-refractivity contribution >= 4 is 0 Å². The Morgan fingerprint density at radius 2 is 1.62 bits per heavy atom. The van der Waals surface area contributed by atoms with E-state index < -0.39 is 0 Å². The summed E-state index contributed by atoms with van der Waals surface area (Å²) in [4.78, 5) is 4.89. The second-order valence-corrected chi connectivity index (χ2v) is 6.54. The van der Waals surface area contributed by atoms with Gasteiger partial charge in [-0.1, -0.05) is 42.5 Å². The van der Waals surface area contributed by atoms with Gasteiger partial charge in [0.15, 0.2) is 0 Å². The number of nitrogens with zero attached hydrogens (tertiary/aromatic N) is 2. The highest BCUT2D eigenvalue weighted by molar-refractivity contribution is 5.19. The van der Waals surface area contributed by atoms with Crippen LogP contribution in [-0.2, 0) is 6.42 Å². The summed E-state index contributed by atoms with van der Waals surface area (Å²) in [6, 6.07) is 17.3. The van der Waals surface area contributed by atoms with Crippen LogP contribution in [0.4, 0.5) is 4.39 Å². The van der Waals surface area contributed by atoms with Crippen molar-refractivity contribution in [1.82, 2.24) is 9.80 Å². The van der Waals surface area contributed by atoms with E-state index in [9.17, 15) is 4.39 Å². The minimum absolute atomic E-state index is 0.0741. The van der Waals surface area contributed by atoms with E-state index >= 15 is 0 Å². The van der Waals surface area contributed by atoms with E-state index in [1.807, 2.05) is 24.3 Å². The Kier molecular flexibility index (Phi) is 5.96. The van der Waals surface area contributed by atoms with Gasteiger partial charge < -0.3 is 10.6 Å². The molecule has 0 spiro atoms. The Balaban J connectivity index is 1.41. The van der Waals surface area contributed by atoms with Gasteiger partial charge in [0.2, 0.25) is 0 Å². The topological polar surface area (TPSA) is 32.5 Å². The first-order valence-electron chi connectivity index (χ1n) is 8.70. The molecule has 4 heteroatoms. The molecule has 1 aliphatic rings.